The van der Waals surface area contributed by atoms with Crippen LogP contribution in [0.5, 0.6) is 0 Å². The fourth-order valence-electron chi connectivity index (χ4n) is 6.03. The highest BCUT2D eigenvalue weighted by molar-refractivity contribution is 6.31. The van der Waals surface area contributed by atoms with Gasteiger partial charge in [-0.15, -0.1) is 0 Å². The summed E-state index contributed by atoms with van der Waals surface area (Å²) in [6, 6.07) is 17.1. The molecule has 2 unspecified atom stereocenters. The SMILES string of the molecule is CCC(c1cccc(C(=O)N2CCC(N(C)C)C2)c1)c1ncc2c(n1)-c1ccc(Cl)cc1C(c1c(F)cccc1F)=NC2. The summed E-state index contributed by atoms with van der Waals surface area (Å²) in [5.74, 6) is -0.946. The molecule has 0 radical (unpaired) electrons. The van der Waals surface area contributed by atoms with Gasteiger partial charge in [-0.25, -0.2) is 18.7 Å². The fraction of sp³-hybridized carbons (Fsp3) is 0.294. The van der Waals surface area contributed by atoms with E-state index in [0.29, 0.717) is 52.2 Å². The predicted molar refractivity (Wildman–Crippen MR) is 165 cm³/mol. The molecule has 3 heterocycles. The number of rotatable bonds is 6. The number of halogens is 3. The van der Waals surface area contributed by atoms with Crippen molar-refractivity contribution in [3.05, 3.63) is 117 Å². The first-order valence-corrected chi connectivity index (χ1v) is 14.8. The number of hydrogen-bond acceptors (Lipinski definition) is 5. The molecular formula is C34H32ClF2N5O. The lowest BCUT2D eigenvalue weighted by molar-refractivity contribution is 0.0783. The van der Waals surface area contributed by atoms with Crippen LogP contribution in [0.1, 0.15) is 64.1 Å². The van der Waals surface area contributed by atoms with Crippen molar-refractivity contribution in [1.82, 2.24) is 19.8 Å². The van der Waals surface area contributed by atoms with E-state index in [2.05, 4.69) is 16.8 Å². The number of fused-ring (bicyclic) bond motifs is 3. The molecule has 6 rings (SSSR count). The largest absolute Gasteiger partial charge is 0.337 e. The van der Waals surface area contributed by atoms with Gasteiger partial charge in [0.15, 0.2) is 0 Å². The molecule has 6 nitrogen and oxygen atoms in total. The summed E-state index contributed by atoms with van der Waals surface area (Å²) in [7, 11) is 4.09. The van der Waals surface area contributed by atoms with Crippen LogP contribution < -0.4 is 0 Å². The molecule has 3 aromatic carbocycles. The molecule has 0 spiro atoms. The van der Waals surface area contributed by atoms with Crippen molar-refractivity contribution in [3.63, 3.8) is 0 Å². The number of aromatic nitrogens is 2. The maximum atomic E-state index is 14.9. The lowest BCUT2D eigenvalue weighted by atomic mass is 9.92. The minimum absolute atomic E-state index is 0.0276. The number of hydrogen-bond donors (Lipinski definition) is 0. The Bertz CT molecular complexity index is 1720. The summed E-state index contributed by atoms with van der Waals surface area (Å²) >= 11 is 6.38. The van der Waals surface area contributed by atoms with Gasteiger partial charge in [-0.05, 0) is 68.9 Å². The number of benzene rings is 3. The van der Waals surface area contributed by atoms with Gasteiger partial charge < -0.3 is 9.80 Å². The molecule has 1 fully saturated rings. The molecule has 43 heavy (non-hydrogen) atoms. The van der Waals surface area contributed by atoms with Gasteiger partial charge >= 0.3 is 0 Å². The van der Waals surface area contributed by atoms with E-state index in [4.69, 9.17) is 21.6 Å². The minimum Gasteiger partial charge on any atom is -0.337 e. The highest BCUT2D eigenvalue weighted by Gasteiger charge is 2.29. The number of carbonyl (C=O) groups is 1. The number of nitrogens with zero attached hydrogens (tertiary/aromatic N) is 5. The van der Waals surface area contributed by atoms with Crippen molar-refractivity contribution in [2.45, 2.75) is 38.3 Å². The number of aliphatic imine (C=N–C) groups is 1. The highest BCUT2D eigenvalue weighted by Crippen LogP contribution is 2.36. The molecule has 4 aromatic rings. The van der Waals surface area contributed by atoms with Gasteiger partial charge in [0.1, 0.15) is 17.5 Å². The van der Waals surface area contributed by atoms with E-state index in [-0.39, 0.29) is 29.6 Å². The Morgan fingerprint density at radius 1 is 1.07 bits per heavy atom. The molecular weight excluding hydrogens is 568 g/mol. The van der Waals surface area contributed by atoms with Crippen LogP contribution in [0.2, 0.25) is 5.02 Å². The van der Waals surface area contributed by atoms with Crippen molar-refractivity contribution in [2.24, 2.45) is 4.99 Å². The normalized spacial score (nSPS) is 16.9. The summed E-state index contributed by atoms with van der Waals surface area (Å²) in [4.78, 5) is 31.9. The summed E-state index contributed by atoms with van der Waals surface area (Å²) in [6.45, 7) is 3.66. The molecule has 1 amide bonds. The van der Waals surface area contributed by atoms with Crippen molar-refractivity contribution >= 4 is 23.2 Å². The van der Waals surface area contributed by atoms with E-state index in [9.17, 15) is 13.6 Å². The third-order valence-electron chi connectivity index (χ3n) is 8.42. The fourth-order valence-corrected chi connectivity index (χ4v) is 6.20. The Labute approximate surface area is 255 Å². The predicted octanol–water partition coefficient (Wildman–Crippen LogP) is 6.74. The zero-order chi connectivity index (χ0) is 30.2. The van der Waals surface area contributed by atoms with Gasteiger partial charge in [-0.1, -0.05) is 42.8 Å². The van der Waals surface area contributed by atoms with Crippen molar-refractivity contribution in [3.8, 4) is 11.3 Å². The molecule has 2 aliphatic rings. The van der Waals surface area contributed by atoms with Crippen LogP contribution in [0.4, 0.5) is 8.78 Å². The maximum Gasteiger partial charge on any atom is 0.253 e. The number of likely N-dealkylation sites (N-methyl/N-ethyl adjacent to an activating group) is 1. The zero-order valence-electron chi connectivity index (χ0n) is 24.3. The molecule has 1 saturated heterocycles. The van der Waals surface area contributed by atoms with Crippen molar-refractivity contribution in [1.29, 1.82) is 0 Å². The van der Waals surface area contributed by atoms with Crippen LogP contribution >= 0.6 is 11.6 Å². The molecule has 9 heteroatoms. The molecule has 220 valence electrons. The molecule has 0 bridgehead atoms. The van der Waals surface area contributed by atoms with Gasteiger partial charge in [-0.2, -0.15) is 0 Å². The van der Waals surface area contributed by atoms with E-state index in [1.54, 1.807) is 18.3 Å². The standard InChI is InChI=1S/C34H32ClF2N5O/c1-4-25(20-7-5-8-21(15-20)34(43)42-14-13-24(19-42)41(2)3)33-39-18-22-17-38-32(30-28(36)9-6-10-29(30)37)27-16-23(35)11-12-26(27)31(22)40-33/h5-12,15-16,18,24-25H,4,13-14,17,19H2,1-3H3. The summed E-state index contributed by atoms with van der Waals surface area (Å²) in [5, 5.41) is 0.420. The maximum absolute atomic E-state index is 14.9. The van der Waals surface area contributed by atoms with Crippen LogP contribution in [0.25, 0.3) is 11.3 Å². The Hall–Kier alpha value is -4.01. The van der Waals surface area contributed by atoms with Gasteiger partial charge in [0.05, 0.1) is 23.5 Å². The second-order valence-electron chi connectivity index (χ2n) is 11.3. The van der Waals surface area contributed by atoms with E-state index >= 15 is 0 Å². The van der Waals surface area contributed by atoms with Crippen LogP contribution in [0, 0.1) is 11.6 Å². The summed E-state index contributed by atoms with van der Waals surface area (Å²) in [5.41, 5.74) is 4.14. The molecule has 0 saturated carbocycles. The number of likely N-dealkylation sites (tertiary alicyclic amines) is 1. The molecule has 0 N–H and O–H groups in total. The molecule has 0 aliphatic carbocycles. The highest BCUT2D eigenvalue weighted by atomic mass is 35.5. The molecule has 1 aromatic heterocycles. The van der Waals surface area contributed by atoms with Gasteiger partial charge in [0.25, 0.3) is 5.91 Å². The first kappa shape index (κ1) is 29.1. The van der Waals surface area contributed by atoms with Gasteiger partial charge in [0, 0.05) is 58.5 Å². The summed E-state index contributed by atoms with van der Waals surface area (Å²) in [6.07, 6.45) is 3.41. The second kappa shape index (κ2) is 11.9. The topological polar surface area (TPSA) is 61.7 Å². The Morgan fingerprint density at radius 3 is 2.56 bits per heavy atom. The Balaban J connectivity index is 1.37. The van der Waals surface area contributed by atoms with Crippen LogP contribution in [0.3, 0.4) is 0 Å². The molecule has 2 atom stereocenters. The second-order valence-corrected chi connectivity index (χ2v) is 11.7. The lowest BCUT2D eigenvalue weighted by Gasteiger charge is -2.21. The Morgan fingerprint density at radius 2 is 1.84 bits per heavy atom. The average molecular weight is 600 g/mol. The van der Waals surface area contributed by atoms with Crippen LogP contribution in [0.15, 0.2) is 71.9 Å². The third kappa shape index (κ3) is 5.57. The Kier molecular flexibility index (Phi) is 8.07. The minimum atomic E-state index is -0.700. The number of carbonyl (C=O) groups excluding carboxylic acids is 1. The van der Waals surface area contributed by atoms with E-state index in [0.717, 1.165) is 24.1 Å². The number of amides is 1. The third-order valence-corrected chi connectivity index (χ3v) is 8.65. The smallest absolute Gasteiger partial charge is 0.253 e. The van der Waals surface area contributed by atoms with Crippen molar-refractivity contribution < 1.29 is 13.6 Å². The van der Waals surface area contributed by atoms with Gasteiger partial charge in [0.2, 0.25) is 0 Å². The van der Waals surface area contributed by atoms with Crippen LogP contribution in [-0.4, -0.2) is 64.6 Å². The zero-order valence-corrected chi connectivity index (χ0v) is 25.1. The van der Waals surface area contributed by atoms with E-state index < -0.39 is 11.6 Å². The van der Waals surface area contributed by atoms with E-state index in [1.165, 1.54) is 18.2 Å². The molecule has 2 aliphatic heterocycles. The van der Waals surface area contributed by atoms with Gasteiger partial charge in [-0.3, -0.25) is 9.79 Å². The quantitative estimate of drug-likeness (QED) is 0.246. The van der Waals surface area contributed by atoms with Crippen molar-refractivity contribution in [2.75, 3.05) is 27.2 Å². The van der Waals surface area contributed by atoms with Crippen LogP contribution in [-0.2, 0) is 6.54 Å². The average Bonchev–Trinajstić information content (AvgIpc) is 3.45. The summed E-state index contributed by atoms with van der Waals surface area (Å²) < 4.78 is 29.9. The first-order chi connectivity index (χ1) is 20.7. The first-order valence-electron chi connectivity index (χ1n) is 14.5. The monoisotopic (exact) mass is 599 g/mol. The lowest BCUT2D eigenvalue weighted by Crippen LogP contribution is -2.34. The van der Waals surface area contributed by atoms with E-state index in [1.807, 2.05) is 49.3 Å².